The maximum absolute atomic E-state index is 12.7. The largest absolute Gasteiger partial charge is 0.381 e. The predicted molar refractivity (Wildman–Crippen MR) is 123 cm³/mol. The number of nitrogens with zero attached hydrogens (tertiary/aromatic N) is 3. The fourth-order valence-electron chi connectivity index (χ4n) is 4.26. The van der Waals surface area contributed by atoms with Gasteiger partial charge in [0.25, 0.3) is 0 Å². The van der Waals surface area contributed by atoms with Crippen LogP contribution >= 0.6 is 11.6 Å². The van der Waals surface area contributed by atoms with Crippen LogP contribution in [-0.4, -0.2) is 48.6 Å². The lowest BCUT2D eigenvalue weighted by atomic mass is 9.82. The Labute approximate surface area is 193 Å². The number of nitriles is 1. The third kappa shape index (κ3) is 5.44. The Hall–Kier alpha value is -2.53. The van der Waals surface area contributed by atoms with Crippen LogP contribution in [0.5, 0.6) is 0 Å². The van der Waals surface area contributed by atoms with E-state index in [4.69, 9.17) is 21.3 Å². The van der Waals surface area contributed by atoms with Crippen molar-refractivity contribution in [3.8, 4) is 17.3 Å². The van der Waals surface area contributed by atoms with Crippen LogP contribution in [0.1, 0.15) is 31.4 Å². The first-order valence-electron chi connectivity index (χ1n) is 11.2. The number of halogens is 1. The van der Waals surface area contributed by atoms with Crippen molar-refractivity contribution in [2.75, 3.05) is 38.2 Å². The summed E-state index contributed by atoms with van der Waals surface area (Å²) in [5.41, 5.74) is 1.71. The number of ketones is 1. The number of carbonyl (C=O) groups excluding carboxylic acids is 1. The van der Waals surface area contributed by atoms with Gasteiger partial charge in [-0.2, -0.15) is 5.26 Å². The highest BCUT2D eigenvalue weighted by Crippen LogP contribution is 2.31. The summed E-state index contributed by atoms with van der Waals surface area (Å²) < 4.78 is 5.40. The number of hydrogen-bond acceptors (Lipinski definition) is 7. The van der Waals surface area contributed by atoms with E-state index in [1.165, 1.54) is 0 Å². The molecular weight excluding hydrogens is 426 g/mol. The van der Waals surface area contributed by atoms with E-state index < -0.39 is 5.41 Å². The zero-order valence-corrected chi connectivity index (χ0v) is 18.8. The van der Waals surface area contributed by atoms with Crippen molar-refractivity contribution in [2.24, 2.45) is 11.3 Å². The zero-order valence-electron chi connectivity index (χ0n) is 18.1. The van der Waals surface area contributed by atoms with Gasteiger partial charge in [0.15, 0.2) is 0 Å². The minimum absolute atomic E-state index is 0.0490. The molecule has 7 nitrogen and oxygen atoms in total. The Kier molecular flexibility index (Phi) is 7.36. The van der Waals surface area contributed by atoms with Crippen LogP contribution in [0, 0.1) is 22.7 Å². The number of hydrogen-bond donors (Lipinski definition) is 2. The van der Waals surface area contributed by atoms with E-state index >= 15 is 0 Å². The van der Waals surface area contributed by atoms with E-state index in [1.807, 2.05) is 24.3 Å². The fraction of sp³-hybridized carbons (Fsp3) is 0.500. The maximum Gasteiger partial charge on any atom is 0.143 e. The van der Waals surface area contributed by atoms with Crippen molar-refractivity contribution in [1.29, 1.82) is 5.26 Å². The molecule has 0 aliphatic carbocycles. The minimum Gasteiger partial charge on any atom is -0.381 e. The number of carbonyl (C=O) groups is 1. The molecule has 2 aromatic heterocycles. The van der Waals surface area contributed by atoms with Crippen molar-refractivity contribution >= 4 is 23.2 Å². The molecule has 0 bridgehead atoms. The first-order chi connectivity index (χ1) is 15.6. The molecule has 0 spiro atoms. The quantitative estimate of drug-likeness (QED) is 0.660. The van der Waals surface area contributed by atoms with Crippen molar-refractivity contribution in [3.63, 3.8) is 0 Å². The van der Waals surface area contributed by atoms with Crippen LogP contribution in [0.25, 0.3) is 11.3 Å². The molecule has 2 saturated heterocycles. The Morgan fingerprint density at radius 1 is 1.38 bits per heavy atom. The van der Waals surface area contributed by atoms with Gasteiger partial charge in [0, 0.05) is 56.1 Å². The molecule has 0 saturated carbocycles. The molecule has 2 aromatic rings. The highest BCUT2D eigenvalue weighted by atomic mass is 35.5. The van der Waals surface area contributed by atoms with E-state index in [1.54, 1.807) is 6.20 Å². The van der Waals surface area contributed by atoms with Crippen LogP contribution < -0.4 is 10.6 Å². The van der Waals surface area contributed by atoms with E-state index in [0.29, 0.717) is 61.2 Å². The van der Waals surface area contributed by atoms with Gasteiger partial charge in [-0.15, -0.1) is 0 Å². The third-order valence-corrected chi connectivity index (χ3v) is 6.64. The molecule has 4 heterocycles. The van der Waals surface area contributed by atoms with E-state index in [2.05, 4.69) is 21.7 Å². The van der Waals surface area contributed by atoms with Crippen molar-refractivity contribution in [3.05, 3.63) is 41.2 Å². The lowest BCUT2D eigenvalue weighted by Gasteiger charge is -2.30. The van der Waals surface area contributed by atoms with Gasteiger partial charge in [0.05, 0.1) is 22.2 Å². The van der Waals surface area contributed by atoms with E-state index in [0.717, 1.165) is 31.5 Å². The molecular formula is C24H28ClN5O2. The smallest absolute Gasteiger partial charge is 0.143 e. The number of nitrogens with one attached hydrogen (secondary N) is 2. The summed E-state index contributed by atoms with van der Waals surface area (Å²) in [6, 6.07) is 9.99. The topological polar surface area (TPSA) is 99.9 Å². The summed E-state index contributed by atoms with van der Waals surface area (Å²) in [5.74, 6) is 0.940. The first-order valence-corrected chi connectivity index (χ1v) is 11.5. The van der Waals surface area contributed by atoms with Gasteiger partial charge < -0.3 is 15.4 Å². The second-order valence-corrected chi connectivity index (χ2v) is 9.02. The zero-order chi connectivity index (χ0) is 22.4. The lowest BCUT2D eigenvalue weighted by molar-refractivity contribution is -0.122. The van der Waals surface area contributed by atoms with Crippen LogP contribution in [0.15, 0.2) is 30.5 Å². The number of rotatable bonds is 7. The van der Waals surface area contributed by atoms with Crippen LogP contribution in [-0.2, 0) is 16.0 Å². The number of pyridine rings is 2. The maximum atomic E-state index is 12.7. The average Bonchev–Trinajstić information content (AvgIpc) is 2.85. The van der Waals surface area contributed by atoms with Gasteiger partial charge in [-0.1, -0.05) is 17.7 Å². The molecule has 8 heteroatoms. The van der Waals surface area contributed by atoms with Crippen LogP contribution in [0.2, 0.25) is 5.02 Å². The number of piperidine rings is 1. The third-order valence-electron chi connectivity index (χ3n) is 6.34. The van der Waals surface area contributed by atoms with Crippen LogP contribution in [0.3, 0.4) is 0 Å². The Balaban J connectivity index is 1.48. The lowest BCUT2D eigenvalue weighted by Crippen LogP contribution is -2.35. The Bertz CT molecular complexity index is 994. The molecule has 32 heavy (non-hydrogen) atoms. The minimum atomic E-state index is -0.439. The van der Waals surface area contributed by atoms with Gasteiger partial charge >= 0.3 is 0 Å². The van der Waals surface area contributed by atoms with Gasteiger partial charge in [-0.05, 0) is 50.4 Å². The highest BCUT2D eigenvalue weighted by Gasteiger charge is 2.32. The van der Waals surface area contributed by atoms with Crippen molar-refractivity contribution in [2.45, 2.75) is 32.1 Å². The SMILES string of the molecule is N#CC1(CNc2cccc(-c3cc(CC(=O)[C@@H]4CCCNC4)ncc3Cl)n2)CCOCC1. The molecule has 0 aromatic carbocycles. The Morgan fingerprint density at radius 3 is 2.97 bits per heavy atom. The number of Topliss-reactive ketones (excluding diaryl/α,β-unsaturated/α-hetero) is 1. The summed E-state index contributed by atoms with van der Waals surface area (Å²) in [6.45, 7) is 3.45. The van der Waals surface area contributed by atoms with E-state index in [-0.39, 0.29) is 11.7 Å². The fourth-order valence-corrected chi connectivity index (χ4v) is 4.46. The Morgan fingerprint density at radius 2 is 2.22 bits per heavy atom. The van der Waals surface area contributed by atoms with Gasteiger partial charge in [-0.25, -0.2) is 4.98 Å². The van der Waals surface area contributed by atoms with Crippen molar-refractivity contribution in [1.82, 2.24) is 15.3 Å². The molecule has 0 radical (unpaired) electrons. The monoisotopic (exact) mass is 453 g/mol. The number of anilines is 1. The van der Waals surface area contributed by atoms with Crippen LogP contribution in [0.4, 0.5) is 5.82 Å². The second kappa shape index (κ2) is 10.4. The van der Waals surface area contributed by atoms with E-state index in [9.17, 15) is 10.1 Å². The van der Waals surface area contributed by atoms with Crippen molar-refractivity contribution < 1.29 is 9.53 Å². The summed E-state index contributed by atoms with van der Waals surface area (Å²) >= 11 is 6.44. The molecule has 168 valence electrons. The molecule has 2 aliphatic rings. The predicted octanol–water partition coefficient (Wildman–Crippen LogP) is 3.64. The summed E-state index contributed by atoms with van der Waals surface area (Å²) in [5, 5.41) is 16.8. The highest BCUT2D eigenvalue weighted by molar-refractivity contribution is 6.33. The van der Waals surface area contributed by atoms with Gasteiger partial charge in [0.2, 0.25) is 0 Å². The summed E-state index contributed by atoms with van der Waals surface area (Å²) in [7, 11) is 0. The molecule has 1 atom stereocenters. The average molecular weight is 454 g/mol. The molecule has 0 amide bonds. The summed E-state index contributed by atoms with van der Waals surface area (Å²) in [4.78, 5) is 21.8. The van der Waals surface area contributed by atoms with Gasteiger partial charge in [-0.3, -0.25) is 9.78 Å². The number of ether oxygens (including phenoxy) is 1. The molecule has 2 fully saturated rings. The molecule has 0 unspecified atom stereocenters. The molecule has 4 rings (SSSR count). The van der Waals surface area contributed by atoms with Gasteiger partial charge in [0.1, 0.15) is 11.6 Å². The standard InChI is InChI=1S/C24H28ClN5O2/c25-20-14-28-18(12-22(31)17-3-2-8-27-13-17)11-19(20)21-4-1-5-23(30-21)29-16-24(15-26)6-9-32-10-7-24/h1,4-5,11,14,17,27H,2-3,6-10,12-13,16H2,(H,29,30)/t17-/m1/s1. The number of aromatic nitrogens is 2. The normalized spacial score (nSPS) is 20.3. The second-order valence-electron chi connectivity index (χ2n) is 8.61. The molecule has 2 aliphatic heterocycles. The summed E-state index contributed by atoms with van der Waals surface area (Å²) in [6.07, 6.45) is 5.26. The molecule has 2 N–H and O–H groups in total. The first kappa shape index (κ1) is 22.7.